The Morgan fingerprint density at radius 3 is 2.64 bits per heavy atom. The summed E-state index contributed by atoms with van der Waals surface area (Å²) in [6.07, 6.45) is 1.48. The van der Waals surface area contributed by atoms with E-state index in [-0.39, 0.29) is 5.78 Å². The molecule has 0 radical (unpaired) electrons. The van der Waals surface area contributed by atoms with E-state index in [4.69, 9.17) is 0 Å². The lowest BCUT2D eigenvalue weighted by Crippen LogP contribution is -2.11. The first-order chi connectivity index (χ1) is 10.4. The quantitative estimate of drug-likeness (QED) is 0.654. The van der Waals surface area contributed by atoms with Crippen molar-refractivity contribution in [2.24, 2.45) is 5.92 Å². The van der Waals surface area contributed by atoms with E-state index in [2.05, 4.69) is 0 Å². The summed E-state index contributed by atoms with van der Waals surface area (Å²) < 4.78 is 37.7. The van der Waals surface area contributed by atoms with Crippen LogP contribution in [0.1, 0.15) is 38.7 Å². The molecule has 5 heteroatoms. The second-order valence-corrected chi connectivity index (χ2v) is 6.01. The Kier molecular flexibility index (Phi) is 7.73. The molecule has 0 amide bonds. The average molecular weight is 330 g/mol. The highest BCUT2D eigenvalue weighted by molar-refractivity contribution is 7.99. The third-order valence-corrected chi connectivity index (χ3v) is 4.25. The SMILES string of the molecule is CC.O=C1C=CCC(CCSc2cccc(C(F)(F)F)c2)C1. The van der Waals surface area contributed by atoms with Crippen molar-refractivity contribution in [3.05, 3.63) is 42.0 Å². The molecule has 0 bridgehead atoms. The molecule has 0 heterocycles. The number of benzene rings is 1. The van der Waals surface area contributed by atoms with Crippen LogP contribution in [0.4, 0.5) is 13.2 Å². The number of hydrogen-bond acceptors (Lipinski definition) is 2. The van der Waals surface area contributed by atoms with Gasteiger partial charge in [-0.1, -0.05) is 26.0 Å². The molecule has 0 fully saturated rings. The maximum absolute atomic E-state index is 12.6. The molecule has 0 saturated heterocycles. The molecule has 1 atom stereocenters. The summed E-state index contributed by atoms with van der Waals surface area (Å²) in [5, 5.41) is 0. The molecule has 22 heavy (non-hydrogen) atoms. The summed E-state index contributed by atoms with van der Waals surface area (Å²) in [7, 11) is 0. The molecule has 0 aromatic heterocycles. The van der Waals surface area contributed by atoms with Crippen molar-refractivity contribution in [1.82, 2.24) is 0 Å². The minimum Gasteiger partial charge on any atom is -0.295 e. The Hall–Kier alpha value is -1.23. The third-order valence-electron chi connectivity index (χ3n) is 3.22. The van der Waals surface area contributed by atoms with Gasteiger partial charge in [0.1, 0.15) is 0 Å². The van der Waals surface area contributed by atoms with E-state index in [0.29, 0.717) is 17.2 Å². The van der Waals surface area contributed by atoms with Crippen LogP contribution in [0.3, 0.4) is 0 Å². The predicted octanol–water partition coefficient (Wildman–Crippen LogP) is 5.75. The summed E-state index contributed by atoms with van der Waals surface area (Å²) in [6.45, 7) is 4.00. The first-order valence-corrected chi connectivity index (χ1v) is 8.43. The zero-order valence-corrected chi connectivity index (χ0v) is 13.6. The van der Waals surface area contributed by atoms with E-state index in [1.165, 1.54) is 23.9 Å². The van der Waals surface area contributed by atoms with Crippen LogP contribution in [0.5, 0.6) is 0 Å². The number of hydrogen-bond donors (Lipinski definition) is 0. The molecule has 1 aromatic carbocycles. The fourth-order valence-electron chi connectivity index (χ4n) is 2.15. The lowest BCUT2D eigenvalue weighted by Gasteiger charge is -2.16. The van der Waals surface area contributed by atoms with E-state index < -0.39 is 11.7 Å². The van der Waals surface area contributed by atoms with Crippen molar-refractivity contribution in [3.8, 4) is 0 Å². The minimum atomic E-state index is -4.29. The van der Waals surface area contributed by atoms with Crippen LogP contribution in [0.2, 0.25) is 0 Å². The van der Waals surface area contributed by atoms with Gasteiger partial charge in [-0.15, -0.1) is 11.8 Å². The van der Waals surface area contributed by atoms with E-state index >= 15 is 0 Å². The molecule has 1 nitrogen and oxygen atoms in total. The topological polar surface area (TPSA) is 17.1 Å². The van der Waals surface area contributed by atoms with Crippen LogP contribution in [0, 0.1) is 5.92 Å². The Bertz CT molecular complexity index is 509. The van der Waals surface area contributed by atoms with E-state index in [1.54, 1.807) is 12.1 Å². The van der Waals surface area contributed by atoms with Gasteiger partial charge in [0.25, 0.3) is 0 Å². The molecule has 122 valence electrons. The summed E-state index contributed by atoms with van der Waals surface area (Å²) in [5.74, 6) is 1.20. The molecule has 1 unspecified atom stereocenters. The zero-order valence-electron chi connectivity index (χ0n) is 12.8. The zero-order chi connectivity index (χ0) is 16.6. The molecular weight excluding hydrogens is 309 g/mol. The van der Waals surface area contributed by atoms with Crippen LogP contribution in [-0.2, 0) is 11.0 Å². The van der Waals surface area contributed by atoms with Crippen molar-refractivity contribution in [2.45, 2.75) is 44.2 Å². The molecule has 0 saturated carbocycles. The van der Waals surface area contributed by atoms with Gasteiger partial charge in [-0.2, -0.15) is 13.2 Å². The normalized spacial score (nSPS) is 17.9. The third kappa shape index (κ3) is 6.26. The molecule has 1 aromatic rings. The smallest absolute Gasteiger partial charge is 0.295 e. The first-order valence-electron chi connectivity index (χ1n) is 7.44. The summed E-state index contributed by atoms with van der Waals surface area (Å²) in [6, 6.07) is 5.37. The fraction of sp³-hybridized carbons (Fsp3) is 0.471. The molecule has 0 N–H and O–H groups in total. The van der Waals surface area contributed by atoms with Gasteiger partial charge in [-0.3, -0.25) is 4.79 Å². The number of thioether (sulfide) groups is 1. The Morgan fingerprint density at radius 1 is 1.27 bits per heavy atom. The monoisotopic (exact) mass is 330 g/mol. The first kappa shape index (κ1) is 18.8. The number of carbonyl (C=O) groups excluding carboxylic acids is 1. The number of carbonyl (C=O) groups is 1. The van der Waals surface area contributed by atoms with Crippen molar-refractivity contribution in [1.29, 1.82) is 0 Å². The van der Waals surface area contributed by atoms with Gasteiger partial charge in [0.15, 0.2) is 5.78 Å². The van der Waals surface area contributed by atoms with Crippen LogP contribution in [0.15, 0.2) is 41.3 Å². The molecule has 2 rings (SSSR count). The summed E-state index contributed by atoms with van der Waals surface area (Å²) in [5.41, 5.74) is -0.613. The van der Waals surface area contributed by atoms with Crippen LogP contribution < -0.4 is 0 Å². The Morgan fingerprint density at radius 2 is 2.00 bits per heavy atom. The predicted molar refractivity (Wildman–Crippen MR) is 85.0 cm³/mol. The molecule has 0 spiro atoms. The molecule has 1 aliphatic carbocycles. The number of ketones is 1. The van der Waals surface area contributed by atoms with Gasteiger partial charge in [0.05, 0.1) is 5.56 Å². The van der Waals surface area contributed by atoms with E-state index in [1.807, 2.05) is 19.9 Å². The average Bonchev–Trinajstić information content (AvgIpc) is 2.49. The van der Waals surface area contributed by atoms with Gasteiger partial charge in [-0.05, 0) is 48.8 Å². The number of allylic oxidation sites excluding steroid dienone is 2. The Balaban J connectivity index is 0.00000116. The Labute approximate surface area is 134 Å². The number of alkyl halides is 3. The largest absolute Gasteiger partial charge is 0.416 e. The van der Waals surface area contributed by atoms with Gasteiger partial charge in [-0.25, -0.2) is 0 Å². The number of rotatable bonds is 4. The van der Waals surface area contributed by atoms with E-state index in [9.17, 15) is 18.0 Å². The maximum Gasteiger partial charge on any atom is 0.416 e. The lowest BCUT2D eigenvalue weighted by molar-refractivity contribution is -0.137. The fourth-order valence-corrected chi connectivity index (χ4v) is 3.23. The highest BCUT2D eigenvalue weighted by atomic mass is 32.2. The highest BCUT2D eigenvalue weighted by Crippen LogP contribution is 2.32. The summed E-state index contributed by atoms with van der Waals surface area (Å²) >= 11 is 1.41. The van der Waals surface area contributed by atoms with Crippen LogP contribution in [0.25, 0.3) is 0 Å². The lowest BCUT2D eigenvalue weighted by atomic mass is 9.91. The summed E-state index contributed by atoms with van der Waals surface area (Å²) in [4.78, 5) is 11.9. The van der Waals surface area contributed by atoms with Crippen molar-refractivity contribution in [2.75, 3.05) is 5.75 Å². The molecule has 0 aliphatic heterocycles. The van der Waals surface area contributed by atoms with Gasteiger partial charge in [0, 0.05) is 11.3 Å². The van der Waals surface area contributed by atoms with Crippen molar-refractivity contribution in [3.63, 3.8) is 0 Å². The van der Waals surface area contributed by atoms with Gasteiger partial charge in [0.2, 0.25) is 0 Å². The van der Waals surface area contributed by atoms with Gasteiger partial charge < -0.3 is 0 Å². The number of halogens is 3. The van der Waals surface area contributed by atoms with E-state index in [0.717, 1.165) is 24.7 Å². The second-order valence-electron chi connectivity index (χ2n) is 4.84. The minimum absolute atomic E-state index is 0.144. The molecular formula is C17H21F3OS. The van der Waals surface area contributed by atoms with Crippen molar-refractivity contribution >= 4 is 17.5 Å². The second kappa shape index (κ2) is 9.03. The van der Waals surface area contributed by atoms with Gasteiger partial charge >= 0.3 is 6.18 Å². The molecule has 1 aliphatic rings. The maximum atomic E-state index is 12.6. The van der Waals surface area contributed by atoms with Crippen LogP contribution >= 0.6 is 11.8 Å². The van der Waals surface area contributed by atoms with Crippen LogP contribution in [-0.4, -0.2) is 11.5 Å². The highest BCUT2D eigenvalue weighted by Gasteiger charge is 2.30. The standard InChI is InChI=1S/C15H15F3OS.C2H6/c16-15(17,18)12-4-2-6-14(10-12)20-8-7-11-3-1-5-13(19)9-11;1-2/h1-2,4-6,10-11H,3,7-9H2;1-2H3. The van der Waals surface area contributed by atoms with Crippen molar-refractivity contribution < 1.29 is 18.0 Å².